The standard InChI is InChI=1S/C36H60N2O5/c1-31(2,30(41)42)22-29(40)43-27-13-15-33(5)25(32(27,3)4)12-16-35(7)26(33)11-10-23-24-9-8-14-36(24,18-17-34(23,35)6)21-28(39)38-20-19-37/h23-27H,8-22,37H2,1-7H3,(H,38,39)(H,41,42)/t23-,24-,25?,26?,27+,33+,34-,35-,36-/m1/s1. The van der Waals surface area contributed by atoms with Gasteiger partial charge in [-0.1, -0.05) is 41.0 Å². The Bertz CT molecular complexity index is 1120. The summed E-state index contributed by atoms with van der Waals surface area (Å²) < 4.78 is 6.13. The van der Waals surface area contributed by atoms with Crippen molar-refractivity contribution in [3.8, 4) is 0 Å². The highest BCUT2D eigenvalue weighted by molar-refractivity contribution is 5.81. The summed E-state index contributed by atoms with van der Waals surface area (Å²) in [5, 5.41) is 12.6. The van der Waals surface area contributed by atoms with Crippen LogP contribution in [0.1, 0.15) is 132 Å². The van der Waals surface area contributed by atoms with Gasteiger partial charge in [-0.3, -0.25) is 14.4 Å². The zero-order chi connectivity index (χ0) is 31.6. The smallest absolute Gasteiger partial charge is 0.309 e. The molecule has 4 N–H and O–H groups in total. The minimum Gasteiger partial charge on any atom is -0.481 e. The first-order chi connectivity index (χ1) is 20.0. The van der Waals surface area contributed by atoms with Crippen molar-refractivity contribution in [2.75, 3.05) is 13.1 Å². The lowest BCUT2D eigenvalue weighted by Crippen LogP contribution is -2.66. The molecule has 0 aromatic heterocycles. The molecule has 5 fully saturated rings. The van der Waals surface area contributed by atoms with E-state index in [0.717, 1.165) is 19.3 Å². The summed E-state index contributed by atoms with van der Waals surface area (Å²) in [5.74, 6) is 1.24. The molecule has 7 nitrogen and oxygen atoms in total. The lowest BCUT2D eigenvalue weighted by atomic mass is 9.32. The third-order valence-electron chi connectivity index (χ3n) is 14.9. The number of esters is 1. The number of ether oxygens (including phenoxy) is 1. The largest absolute Gasteiger partial charge is 0.481 e. The second-order valence-electron chi connectivity index (χ2n) is 17.5. The van der Waals surface area contributed by atoms with Gasteiger partial charge in [-0.15, -0.1) is 0 Å². The van der Waals surface area contributed by atoms with Crippen LogP contribution in [0.2, 0.25) is 0 Å². The maximum absolute atomic E-state index is 13.0. The molecule has 0 aromatic carbocycles. The molecule has 0 aliphatic heterocycles. The van der Waals surface area contributed by atoms with E-state index >= 15 is 0 Å². The number of nitrogens with one attached hydrogen (secondary N) is 1. The molecular weight excluding hydrogens is 540 g/mol. The van der Waals surface area contributed by atoms with Gasteiger partial charge >= 0.3 is 11.9 Å². The monoisotopic (exact) mass is 600 g/mol. The predicted octanol–water partition coefficient (Wildman–Crippen LogP) is 6.72. The van der Waals surface area contributed by atoms with E-state index in [1.54, 1.807) is 13.8 Å². The molecule has 0 bridgehead atoms. The fourth-order valence-electron chi connectivity index (χ4n) is 12.4. The summed E-state index contributed by atoms with van der Waals surface area (Å²) in [7, 11) is 0. The average molecular weight is 601 g/mol. The molecule has 9 atom stereocenters. The van der Waals surface area contributed by atoms with Gasteiger partial charge in [0.2, 0.25) is 5.91 Å². The number of carboxylic acids is 1. The molecule has 0 aromatic rings. The van der Waals surface area contributed by atoms with E-state index in [1.807, 2.05) is 0 Å². The van der Waals surface area contributed by atoms with E-state index in [9.17, 15) is 19.5 Å². The minimum atomic E-state index is -1.13. The highest BCUT2D eigenvalue weighted by atomic mass is 16.5. The number of hydrogen-bond donors (Lipinski definition) is 3. The van der Waals surface area contributed by atoms with Crippen molar-refractivity contribution in [2.45, 2.75) is 138 Å². The fourth-order valence-corrected chi connectivity index (χ4v) is 12.4. The van der Waals surface area contributed by atoms with E-state index < -0.39 is 11.4 Å². The topological polar surface area (TPSA) is 119 Å². The maximum Gasteiger partial charge on any atom is 0.309 e. The summed E-state index contributed by atoms with van der Waals surface area (Å²) >= 11 is 0. The Morgan fingerprint density at radius 2 is 1.58 bits per heavy atom. The Balaban J connectivity index is 1.35. The summed E-state index contributed by atoms with van der Waals surface area (Å²) in [6, 6.07) is 0. The molecule has 2 unspecified atom stereocenters. The number of nitrogens with two attached hydrogens (primary N) is 1. The van der Waals surface area contributed by atoms with Crippen molar-refractivity contribution >= 4 is 17.8 Å². The highest BCUT2D eigenvalue weighted by Gasteiger charge is 2.70. The first-order valence-corrected chi connectivity index (χ1v) is 17.4. The van der Waals surface area contributed by atoms with E-state index in [4.69, 9.17) is 10.5 Å². The molecule has 0 heterocycles. The number of amides is 1. The van der Waals surface area contributed by atoms with Crippen LogP contribution >= 0.6 is 0 Å². The van der Waals surface area contributed by atoms with Crippen molar-refractivity contribution in [1.82, 2.24) is 5.32 Å². The van der Waals surface area contributed by atoms with E-state index in [0.29, 0.717) is 43.2 Å². The highest BCUT2D eigenvalue weighted by Crippen LogP contribution is 2.77. The van der Waals surface area contributed by atoms with Gasteiger partial charge < -0.3 is 20.9 Å². The zero-order valence-electron chi connectivity index (χ0n) is 28.2. The van der Waals surface area contributed by atoms with Crippen molar-refractivity contribution in [2.24, 2.45) is 61.9 Å². The first-order valence-electron chi connectivity index (χ1n) is 17.4. The molecule has 7 heteroatoms. The molecule has 5 rings (SSSR count). The molecule has 0 spiro atoms. The van der Waals surface area contributed by atoms with Crippen molar-refractivity contribution in [1.29, 1.82) is 0 Å². The molecule has 43 heavy (non-hydrogen) atoms. The van der Waals surface area contributed by atoms with E-state index in [1.165, 1.54) is 51.4 Å². The van der Waals surface area contributed by atoms with Crippen LogP contribution in [0.25, 0.3) is 0 Å². The molecule has 1 amide bonds. The van der Waals surface area contributed by atoms with Gasteiger partial charge in [0.15, 0.2) is 0 Å². The first kappa shape index (κ1) is 32.8. The van der Waals surface area contributed by atoms with Crippen LogP contribution in [-0.2, 0) is 19.1 Å². The molecule has 244 valence electrons. The van der Waals surface area contributed by atoms with Crippen LogP contribution < -0.4 is 11.1 Å². The summed E-state index contributed by atoms with van der Waals surface area (Å²) in [4.78, 5) is 37.6. The minimum absolute atomic E-state index is 0.103. The number of carbonyl (C=O) groups excluding carboxylic acids is 2. The molecular formula is C36H60N2O5. The zero-order valence-corrected chi connectivity index (χ0v) is 28.2. The van der Waals surface area contributed by atoms with Gasteiger partial charge in [0, 0.05) is 24.9 Å². The van der Waals surface area contributed by atoms with Gasteiger partial charge in [0.1, 0.15) is 6.10 Å². The van der Waals surface area contributed by atoms with Crippen molar-refractivity contribution in [3.63, 3.8) is 0 Å². The van der Waals surface area contributed by atoms with Gasteiger partial charge in [0.25, 0.3) is 0 Å². The second kappa shape index (κ2) is 11.0. The van der Waals surface area contributed by atoms with Crippen molar-refractivity contribution in [3.05, 3.63) is 0 Å². The molecule has 5 aliphatic rings. The Kier molecular flexibility index (Phi) is 8.39. The van der Waals surface area contributed by atoms with Gasteiger partial charge in [-0.2, -0.15) is 0 Å². The van der Waals surface area contributed by atoms with E-state index in [-0.39, 0.29) is 51.5 Å². The number of fused-ring (bicyclic) bond motifs is 7. The van der Waals surface area contributed by atoms with Crippen LogP contribution in [-0.4, -0.2) is 42.1 Å². The lowest BCUT2D eigenvalue weighted by Gasteiger charge is -2.72. The number of rotatable bonds is 8. The summed E-state index contributed by atoms with van der Waals surface area (Å²) in [5.41, 5.74) is 5.24. The summed E-state index contributed by atoms with van der Waals surface area (Å²) in [6.45, 7) is 16.7. The van der Waals surface area contributed by atoms with Crippen molar-refractivity contribution < 1.29 is 24.2 Å². The second-order valence-corrected chi connectivity index (χ2v) is 17.5. The number of hydrogen-bond acceptors (Lipinski definition) is 5. The molecule has 0 radical (unpaired) electrons. The van der Waals surface area contributed by atoms with E-state index in [2.05, 4.69) is 39.9 Å². The number of carbonyl (C=O) groups is 3. The van der Waals surface area contributed by atoms with Gasteiger partial charge in [0.05, 0.1) is 11.8 Å². The number of carboxylic acid groups (broad SMARTS) is 1. The fraction of sp³-hybridized carbons (Fsp3) is 0.917. The Morgan fingerprint density at radius 1 is 0.860 bits per heavy atom. The van der Waals surface area contributed by atoms with Crippen LogP contribution in [0.3, 0.4) is 0 Å². The average Bonchev–Trinajstić information content (AvgIpc) is 3.32. The molecule has 5 saturated carbocycles. The lowest BCUT2D eigenvalue weighted by molar-refractivity contribution is -0.248. The Labute approximate surface area is 260 Å². The molecule has 5 aliphatic carbocycles. The van der Waals surface area contributed by atoms with Crippen LogP contribution in [0.5, 0.6) is 0 Å². The third kappa shape index (κ3) is 5.06. The summed E-state index contributed by atoms with van der Waals surface area (Å²) in [6.07, 6.45) is 13.2. The Hall–Kier alpha value is -1.63. The van der Waals surface area contributed by atoms with Crippen LogP contribution in [0.4, 0.5) is 0 Å². The molecule has 0 saturated heterocycles. The SMILES string of the molecule is CC(C)(CC(=O)O[C@H]1CC[C@@]2(C)C(CC[C@]3(C)C2CC[C@@H]2[C@H]4CCC[C@]4(CC(=O)NCCN)CC[C@]23C)C1(C)C)C(=O)O. The third-order valence-corrected chi connectivity index (χ3v) is 14.9. The quantitative estimate of drug-likeness (QED) is 0.266. The van der Waals surface area contributed by atoms with Crippen LogP contribution in [0, 0.1) is 56.2 Å². The Morgan fingerprint density at radius 3 is 2.26 bits per heavy atom. The van der Waals surface area contributed by atoms with Gasteiger partial charge in [-0.25, -0.2) is 0 Å². The normalized spacial score (nSPS) is 43.4. The van der Waals surface area contributed by atoms with Crippen LogP contribution in [0.15, 0.2) is 0 Å². The number of aliphatic carboxylic acids is 1. The predicted molar refractivity (Wildman–Crippen MR) is 168 cm³/mol. The maximum atomic E-state index is 13.0. The van der Waals surface area contributed by atoms with Gasteiger partial charge in [-0.05, 0) is 123 Å².